The lowest BCUT2D eigenvalue weighted by Gasteiger charge is -2.35. The first kappa shape index (κ1) is 28.8. The fourth-order valence-electron chi connectivity index (χ4n) is 5.41. The van der Waals surface area contributed by atoms with Crippen molar-refractivity contribution in [3.05, 3.63) is 59.8 Å². The highest BCUT2D eigenvalue weighted by Crippen LogP contribution is 2.38. The van der Waals surface area contributed by atoms with Crippen molar-refractivity contribution in [2.24, 2.45) is 13.0 Å². The molecule has 0 fully saturated rings. The molecule has 0 saturated carbocycles. The van der Waals surface area contributed by atoms with E-state index in [0.29, 0.717) is 38.4 Å². The molecule has 0 bridgehead atoms. The van der Waals surface area contributed by atoms with Crippen LogP contribution in [0, 0.1) is 5.92 Å². The maximum Gasteiger partial charge on any atom is 0.271 e. The molecule has 1 aromatic heterocycles. The molecule has 2 heterocycles. The molecule has 3 aromatic rings. The summed E-state index contributed by atoms with van der Waals surface area (Å²) in [6.07, 6.45) is 0.132. The number of aliphatic hydroxyl groups is 1. The summed E-state index contributed by atoms with van der Waals surface area (Å²) in [6, 6.07) is 15.7. The Balaban J connectivity index is 1.80. The number of likely N-dealkylation sites (N-methyl/N-ethyl adjacent to an activating group) is 1. The highest BCUT2D eigenvalue weighted by atomic mass is 16.5. The van der Waals surface area contributed by atoms with E-state index >= 15 is 0 Å². The van der Waals surface area contributed by atoms with Gasteiger partial charge in [-0.25, -0.2) is 0 Å². The van der Waals surface area contributed by atoms with Gasteiger partial charge in [0.25, 0.3) is 5.91 Å². The number of carbonyl (C=O) groups is 2. The van der Waals surface area contributed by atoms with Gasteiger partial charge in [0.2, 0.25) is 5.91 Å². The third-order valence-electron chi connectivity index (χ3n) is 7.88. The molecule has 0 saturated heterocycles. The van der Waals surface area contributed by atoms with E-state index in [-0.39, 0.29) is 36.5 Å². The Labute approximate surface area is 231 Å². The fourth-order valence-corrected chi connectivity index (χ4v) is 5.41. The number of nitrogens with zero attached hydrogens (tertiary/aromatic N) is 4. The number of ether oxygens (including phenoxy) is 1. The molecule has 8 heteroatoms. The van der Waals surface area contributed by atoms with Crippen LogP contribution < -0.4 is 0 Å². The number of fused-ring (bicyclic) bond motifs is 5. The summed E-state index contributed by atoms with van der Waals surface area (Å²) >= 11 is 0. The van der Waals surface area contributed by atoms with Gasteiger partial charge in [0.05, 0.1) is 25.4 Å². The molecule has 8 nitrogen and oxygen atoms in total. The van der Waals surface area contributed by atoms with Crippen molar-refractivity contribution in [1.82, 2.24) is 19.3 Å². The highest BCUT2D eigenvalue weighted by molar-refractivity contribution is 6.10. The molecular formula is C31H42N4O4. The van der Waals surface area contributed by atoms with E-state index in [4.69, 9.17) is 4.74 Å². The first-order valence-corrected chi connectivity index (χ1v) is 13.7. The lowest BCUT2D eigenvalue weighted by atomic mass is 9.96. The molecule has 1 aliphatic rings. The summed E-state index contributed by atoms with van der Waals surface area (Å²) in [5, 5.41) is 11.2. The SMILES string of the molecule is C[C@@H]1CN([C@@H](C)CO)C(=O)c2c(c3ccccc3n2C)-c2ccccc2CO[C@@H]1CN(C)C(=O)CCN(C)C. The Hall–Kier alpha value is -3.20. The van der Waals surface area contributed by atoms with Crippen LogP contribution >= 0.6 is 0 Å². The van der Waals surface area contributed by atoms with Gasteiger partial charge in [-0.15, -0.1) is 0 Å². The van der Waals surface area contributed by atoms with Crippen LogP contribution in [0.5, 0.6) is 0 Å². The van der Waals surface area contributed by atoms with Crippen molar-refractivity contribution in [3.8, 4) is 11.1 Å². The largest absolute Gasteiger partial charge is 0.394 e. The van der Waals surface area contributed by atoms with Crippen LogP contribution in [-0.4, -0.2) is 95.7 Å². The molecule has 1 N–H and O–H groups in total. The summed E-state index contributed by atoms with van der Waals surface area (Å²) in [7, 11) is 7.65. The second-order valence-corrected chi connectivity index (χ2v) is 11.1. The number of aryl methyl sites for hydroxylation is 1. The maximum atomic E-state index is 14.4. The molecule has 2 amide bonds. The first-order chi connectivity index (χ1) is 18.6. The minimum atomic E-state index is -0.387. The third kappa shape index (κ3) is 6.03. The number of hydrogen-bond donors (Lipinski definition) is 1. The van der Waals surface area contributed by atoms with Crippen LogP contribution in [0.25, 0.3) is 22.0 Å². The average Bonchev–Trinajstić information content (AvgIpc) is 3.22. The van der Waals surface area contributed by atoms with E-state index < -0.39 is 0 Å². The third-order valence-corrected chi connectivity index (χ3v) is 7.88. The van der Waals surface area contributed by atoms with Crippen molar-refractivity contribution >= 4 is 22.7 Å². The van der Waals surface area contributed by atoms with Crippen LogP contribution in [0.1, 0.15) is 36.3 Å². The zero-order chi connectivity index (χ0) is 28.3. The van der Waals surface area contributed by atoms with E-state index in [1.165, 1.54) is 0 Å². The Morgan fingerprint density at radius 2 is 1.82 bits per heavy atom. The van der Waals surface area contributed by atoms with E-state index in [9.17, 15) is 14.7 Å². The topological polar surface area (TPSA) is 78.2 Å². The number of carbonyl (C=O) groups excluding carboxylic acids is 2. The second-order valence-electron chi connectivity index (χ2n) is 11.1. The molecule has 0 aliphatic carbocycles. The molecule has 2 aromatic carbocycles. The fraction of sp³-hybridized carbons (Fsp3) is 0.484. The lowest BCUT2D eigenvalue weighted by Crippen LogP contribution is -2.48. The van der Waals surface area contributed by atoms with Gasteiger partial charge in [-0.2, -0.15) is 0 Å². The Morgan fingerprint density at radius 3 is 2.54 bits per heavy atom. The van der Waals surface area contributed by atoms with E-state index in [1.54, 1.807) is 9.80 Å². The van der Waals surface area contributed by atoms with Crippen LogP contribution in [0.3, 0.4) is 0 Å². The molecule has 0 unspecified atom stereocenters. The molecule has 1 aliphatic heterocycles. The van der Waals surface area contributed by atoms with Gasteiger partial charge in [-0.05, 0) is 38.2 Å². The smallest absolute Gasteiger partial charge is 0.271 e. The molecule has 4 rings (SSSR count). The maximum absolute atomic E-state index is 14.4. The highest BCUT2D eigenvalue weighted by Gasteiger charge is 2.33. The second kappa shape index (κ2) is 12.3. The van der Waals surface area contributed by atoms with Crippen LogP contribution in [0.4, 0.5) is 0 Å². The van der Waals surface area contributed by atoms with Crippen molar-refractivity contribution in [1.29, 1.82) is 0 Å². The van der Waals surface area contributed by atoms with Crippen molar-refractivity contribution in [2.75, 3.05) is 47.4 Å². The lowest BCUT2D eigenvalue weighted by molar-refractivity contribution is -0.133. The molecule has 3 atom stereocenters. The Morgan fingerprint density at radius 1 is 1.13 bits per heavy atom. The number of benzene rings is 2. The summed E-state index contributed by atoms with van der Waals surface area (Å²) in [4.78, 5) is 32.7. The first-order valence-electron chi connectivity index (χ1n) is 13.7. The molecule has 0 spiro atoms. The van der Waals surface area contributed by atoms with E-state index in [1.807, 2.05) is 87.0 Å². The summed E-state index contributed by atoms with van der Waals surface area (Å²) in [5.41, 5.74) is 4.41. The summed E-state index contributed by atoms with van der Waals surface area (Å²) in [5.74, 6) is -0.150. The Kier molecular flexibility index (Phi) is 9.10. The molecule has 210 valence electrons. The average molecular weight is 535 g/mol. The monoisotopic (exact) mass is 534 g/mol. The number of aromatic nitrogens is 1. The quantitative estimate of drug-likeness (QED) is 0.501. The van der Waals surface area contributed by atoms with Gasteiger partial charge in [-0.3, -0.25) is 9.59 Å². The minimum Gasteiger partial charge on any atom is -0.394 e. The number of rotatable bonds is 7. The number of hydrogen-bond acceptors (Lipinski definition) is 5. The van der Waals surface area contributed by atoms with Crippen LogP contribution in [0.15, 0.2) is 48.5 Å². The van der Waals surface area contributed by atoms with Gasteiger partial charge in [0.15, 0.2) is 0 Å². The minimum absolute atomic E-state index is 0.0600. The normalized spacial score (nSPS) is 19.0. The van der Waals surface area contributed by atoms with Crippen molar-refractivity contribution in [3.63, 3.8) is 0 Å². The predicted octanol–water partition coefficient (Wildman–Crippen LogP) is 3.61. The molecule has 0 radical (unpaired) electrons. The Bertz CT molecular complexity index is 1320. The summed E-state index contributed by atoms with van der Waals surface area (Å²) < 4.78 is 8.55. The van der Waals surface area contributed by atoms with Crippen molar-refractivity contribution in [2.45, 2.75) is 39.0 Å². The molecule has 39 heavy (non-hydrogen) atoms. The number of para-hydroxylation sites is 1. The predicted molar refractivity (Wildman–Crippen MR) is 154 cm³/mol. The zero-order valence-electron chi connectivity index (χ0n) is 24.1. The van der Waals surface area contributed by atoms with E-state index in [0.717, 1.165) is 27.6 Å². The zero-order valence-corrected chi connectivity index (χ0v) is 24.1. The summed E-state index contributed by atoms with van der Waals surface area (Å²) in [6.45, 7) is 5.62. The van der Waals surface area contributed by atoms with Gasteiger partial charge >= 0.3 is 0 Å². The van der Waals surface area contributed by atoms with Crippen LogP contribution in [-0.2, 0) is 23.2 Å². The van der Waals surface area contributed by atoms with Gasteiger partial charge in [0.1, 0.15) is 5.69 Å². The number of amides is 2. The van der Waals surface area contributed by atoms with E-state index in [2.05, 4.69) is 13.0 Å². The van der Waals surface area contributed by atoms with Gasteiger partial charge in [-0.1, -0.05) is 49.4 Å². The van der Waals surface area contributed by atoms with Gasteiger partial charge in [0, 0.05) is 62.5 Å². The van der Waals surface area contributed by atoms with Crippen LogP contribution in [0.2, 0.25) is 0 Å². The number of aliphatic hydroxyl groups excluding tert-OH is 1. The standard InChI is InChI=1S/C31H42N4O4/c1-21-17-35(22(2)19-36)31(38)30-29(25-13-9-10-14-26(25)34(30)6)24-12-8-7-11-23(24)20-39-27(21)18-33(5)28(37)15-16-32(3)4/h7-14,21-22,27,36H,15-20H2,1-6H3/t21-,22+,27-/m1/s1. The van der Waals surface area contributed by atoms with Gasteiger partial charge < -0.3 is 29.1 Å². The van der Waals surface area contributed by atoms with Crippen molar-refractivity contribution < 1.29 is 19.4 Å². The molecular weight excluding hydrogens is 492 g/mol.